The number of benzene rings is 2. The van der Waals surface area contributed by atoms with Crippen LogP contribution >= 0.6 is 11.8 Å². The lowest BCUT2D eigenvalue weighted by atomic mass is 10.1. The topological polar surface area (TPSA) is 68.0 Å². The highest BCUT2D eigenvalue weighted by Gasteiger charge is 2.13. The van der Waals surface area contributed by atoms with E-state index in [2.05, 4.69) is 28.5 Å². The summed E-state index contributed by atoms with van der Waals surface area (Å²) in [5, 5.41) is 10.6. The van der Waals surface area contributed by atoms with E-state index in [1.807, 2.05) is 50.2 Å². The maximum Gasteiger partial charge on any atom is 0.322 e. The molecule has 0 radical (unpaired) electrons. The van der Waals surface area contributed by atoms with Gasteiger partial charge in [0.25, 0.3) is 0 Å². The number of carbonyl (C=O) groups is 1. The molecule has 0 spiro atoms. The maximum atomic E-state index is 12.2. The van der Waals surface area contributed by atoms with Crippen molar-refractivity contribution in [3.8, 4) is 11.5 Å². The number of rotatable bonds is 6. The number of nitrogens with one attached hydrogen (secondary N) is 1. The third-order valence-electron chi connectivity index (χ3n) is 3.88. The average molecular weight is 367 g/mol. The molecule has 1 heterocycles. The molecule has 1 aromatic heterocycles. The van der Waals surface area contributed by atoms with Gasteiger partial charge in [-0.15, -0.1) is 16.9 Å². The molecule has 0 aliphatic rings. The van der Waals surface area contributed by atoms with Crippen LogP contribution in [-0.2, 0) is 11.2 Å². The van der Waals surface area contributed by atoms with Gasteiger partial charge in [-0.2, -0.15) is 0 Å². The van der Waals surface area contributed by atoms with E-state index in [1.165, 1.54) is 10.5 Å². The van der Waals surface area contributed by atoms with Gasteiger partial charge in [0.15, 0.2) is 0 Å². The molecule has 2 aromatic carbocycles. The summed E-state index contributed by atoms with van der Waals surface area (Å²) in [7, 11) is 0. The van der Waals surface area contributed by atoms with E-state index < -0.39 is 0 Å². The Morgan fingerprint density at radius 1 is 1.12 bits per heavy atom. The number of aryl methyl sites for hydroxylation is 2. The first kappa shape index (κ1) is 18.2. The Morgan fingerprint density at radius 2 is 1.88 bits per heavy atom. The third-order valence-corrected chi connectivity index (χ3v) is 4.78. The van der Waals surface area contributed by atoms with E-state index in [4.69, 9.17) is 4.42 Å². The smallest absolute Gasteiger partial charge is 0.322 e. The molecule has 1 N–H and O–H groups in total. The normalized spacial score (nSPS) is 10.7. The Labute approximate surface area is 157 Å². The van der Waals surface area contributed by atoms with Crippen molar-refractivity contribution >= 4 is 23.7 Å². The van der Waals surface area contributed by atoms with Gasteiger partial charge in [-0.3, -0.25) is 10.1 Å². The van der Waals surface area contributed by atoms with E-state index in [-0.39, 0.29) is 18.3 Å². The number of nitrogens with zero attached hydrogens (tertiary/aromatic N) is 2. The largest absolute Gasteiger partial charge is 0.403 e. The lowest BCUT2D eigenvalue weighted by Crippen LogP contribution is -2.14. The Kier molecular flexibility index (Phi) is 5.73. The summed E-state index contributed by atoms with van der Waals surface area (Å²) in [6.07, 6.45) is 0.262. The van der Waals surface area contributed by atoms with Gasteiger partial charge in [-0.05, 0) is 48.9 Å². The molecule has 0 saturated heterocycles. The number of aromatic nitrogens is 2. The summed E-state index contributed by atoms with van der Waals surface area (Å²) in [6, 6.07) is 14.1. The van der Waals surface area contributed by atoms with Crippen molar-refractivity contribution in [3.05, 3.63) is 59.2 Å². The molecular weight excluding hydrogens is 346 g/mol. The molecule has 26 heavy (non-hydrogen) atoms. The minimum absolute atomic E-state index is 0.114. The Bertz CT molecular complexity index is 904. The van der Waals surface area contributed by atoms with Gasteiger partial charge in [0.05, 0.1) is 6.42 Å². The van der Waals surface area contributed by atoms with E-state index in [9.17, 15) is 4.79 Å². The van der Waals surface area contributed by atoms with Crippen LogP contribution in [0, 0.1) is 13.8 Å². The van der Waals surface area contributed by atoms with E-state index in [0.717, 1.165) is 22.4 Å². The maximum absolute atomic E-state index is 12.2. The molecule has 0 fully saturated rings. The van der Waals surface area contributed by atoms with Crippen molar-refractivity contribution < 1.29 is 9.21 Å². The van der Waals surface area contributed by atoms with Crippen LogP contribution in [0.15, 0.2) is 51.8 Å². The second-order valence-electron chi connectivity index (χ2n) is 6.03. The molecule has 0 atom stereocenters. The molecule has 6 heteroatoms. The van der Waals surface area contributed by atoms with Crippen molar-refractivity contribution in [2.24, 2.45) is 0 Å². The minimum atomic E-state index is -0.184. The number of amides is 1. The van der Waals surface area contributed by atoms with Crippen LogP contribution in [0.4, 0.5) is 6.01 Å². The van der Waals surface area contributed by atoms with Crippen LogP contribution in [0.1, 0.15) is 23.6 Å². The number of anilines is 1. The number of hydrogen-bond acceptors (Lipinski definition) is 5. The predicted octanol–water partition coefficient (Wildman–Crippen LogP) is 4.65. The van der Waals surface area contributed by atoms with Crippen LogP contribution in [0.5, 0.6) is 0 Å². The Hall–Kier alpha value is -2.60. The number of carbonyl (C=O) groups excluding carboxylic acids is 1. The summed E-state index contributed by atoms with van der Waals surface area (Å²) in [5.74, 6) is 1.25. The Morgan fingerprint density at radius 3 is 2.58 bits per heavy atom. The first-order chi connectivity index (χ1) is 12.5. The lowest BCUT2D eigenvalue weighted by Gasteiger charge is -2.03. The highest BCUT2D eigenvalue weighted by molar-refractivity contribution is 7.99. The molecule has 0 bridgehead atoms. The number of hydrogen-bond donors (Lipinski definition) is 1. The van der Waals surface area contributed by atoms with Crippen molar-refractivity contribution in [1.82, 2.24) is 10.2 Å². The first-order valence-corrected chi connectivity index (χ1v) is 9.46. The predicted molar refractivity (Wildman–Crippen MR) is 104 cm³/mol. The van der Waals surface area contributed by atoms with Gasteiger partial charge in [-0.25, -0.2) is 0 Å². The summed E-state index contributed by atoms with van der Waals surface area (Å²) in [6.45, 7) is 6.14. The molecule has 0 saturated carbocycles. The summed E-state index contributed by atoms with van der Waals surface area (Å²) >= 11 is 1.77. The van der Waals surface area contributed by atoms with Crippen LogP contribution in [-0.4, -0.2) is 21.9 Å². The quantitative estimate of drug-likeness (QED) is 0.643. The van der Waals surface area contributed by atoms with E-state index in [1.54, 1.807) is 11.8 Å². The van der Waals surface area contributed by atoms with Gasteiger partial charge in [0.2, 0.25) is 11.8 Å². The zero-order valence-corrected chi connectivity index (χ0v) is 15.9. The molecular formula is C20H21N3O2S. The van der Waals surface area contributed by atoms with Crippen LogP contribution in [0.25, 0.3) is 11.5 Å². The van der Waals surface area contributed by atoms with Gasteiger partial charge >= 0.3 is 6.01 Å². The SMILES string of the molecule is CCSc1ccc(CC(=O)Nc2nnc(-c3ccc(C)cc3C)o2)cc1. The van der Waals surface area contributed by atoms with Crippen molar-refractivity contribution in [2.75, 3.05) is 11.1 Å². The second-order valence-corrected chi connectivity index (χ2v) is 7.37. The molecule has 0 aliphatic carbocycles. The third kappa shape index (κ3) is 4.52. The molecule has 3 aromatic rings. The van der Waals surface area contributed by atoms with Crippen LogP contribution < -0.4 is 5.32 Å². The summed E-state index contributed by atoms with van der Waals surface area (Å²) < 4.78 is 5.59. The van der Waals surface area contributed by atoms with Gasteiger partial charge in [0.1, 0.15) is 0 Å². The van der Waals surface area contributed by atoms with Crippen LogP contribution in [0.3, 0.4) is 0 Å². The fourth-order valence-electron chi connectivity index (χ4n) is 2.66. The monoisotopic (exact) mass is 367 g/mol. The lowest BCUT2D eigenvalue weighted by molar-refractivity contribution is -0.115. The fraction of sp³-hybridized carbons (Fsp3) is 0.250. The zero-order valence-electron chi connectivity index (χ0n) is 15.1. The second kappa shape index (κ2) is 8.19. The van der Waals surface area contributed by atoms with Gasteiger partial charge in [-0.1, -0.05) is 41.9 Å². The van der Waals surface area contributed by atoms with Crippen molar-refractivity contribution in [2.45, 2.75) is 32.1 Å². The standard InChI is InChI=1S/C20H21N3O2S/c1-4-26-16-8-6-15(7-9-16)12-18(24)21-20-23-22-19(25-20)17-10-5-13(2)11-14(17)3/h5-11H,4,12H2,1-3H3,(H,21,23,24). The van der Waals surface area contributed by atoms with Crippen molar-refractivity contribution in [1.29, 1.82) is 0 Å². The van der Waals surface area contributed by atoms with Crippen molar-refractivity contribution in [3.63, 3.8) is 0 Å². The molecule has 1 amide bonds. The van der Waals surface area contributed by atoms with Gasteiger partial charge in [0, 0.05) is 10.5 Å². The minimum Gasteiger partial charge on any atom is -0.403 e. The molecule has 3 rings (SSSR count). The van der Waals surface area contributed by atoms with Gasteiger partial charge < -0.3 is 4.42 Å². The van der Waals surface area contributed by atoms with Crippen LogP contribution in [0.2, 0.25) is 0 Å². The molecule has 134 valence electrons. The fourth-order valence-corrected chi connectivity index (χ4v) is 3.32. The Balaban J connectivity index is 1.64. The summed E-state index contributed by atoms with van der Waals surface area (Å²) in [5.41, 5.74) is 4.03. The number of thioether (sulfide) groups is 1. The molecule has 5 nitrogen and oxygen atoms in total. The summed E-state index contributed by atoms with van der Waals surface area (Å²) in [4.78, 5) is 13.4. The van der Waals surface area contributed by atoms with E-state index >= 15 is 0 Å². The zero-order chi connectivity index (χ0) is 18.5. The molecule has 0 unspecified atom stereocenters. The highest BCUT2D eigenvalue weighted by atomic mass is 32.2. The first-order valence-electron chi connectivity index (χ1n) is 8.48. The average Bonchev–Trinajstić information content (AvgIpc) is 3.05. The highest BCUT2D eigenvalue weighted by Crippen LogP contribution is 2.24. The van der Waals surface area contributed by atoms with E-state index in [0.29, 0.717) is 5.89 Å². The molecule has 0 aliphatic heterocycles.